The average molecular weight is 563 g/mol. The second-order valence-corrected chi connectivity index (χ2v) is 10.9. The fraction of sp³-hybridized carbons (Fsp3) is 0.143. The minimum absolute atomic E-state index is 0.0203. The van der Waals surface area contributed by atoms with Gasteiger partial charge in [0.15, 0.2) is 17.3 Å². The second kappa shape index (κ2) is 11.5. The zero-order valence-corrected chi connectivity index (χ0v) is 23.0. The summed E-state index contributed by atoms with van der Waals surface area (Å²) < 4.78 is 11.4. The van der Waals surface area contributed by atoms with E-state index in [4.69, 9.17) is 26.5 Å². The largest absolute Gasteiger partial charge is 0.493 e. The van der Waals surface area contributed by atoms with E-state index in [2.05, 4.69) is 10.1 Å². The molecule has 1 N–H and O–H groups in total. The van der Waals surface area contributed by atoms with Crippen LogP contribution < -0.4 is 9.47 Å². The number of hydrogen-bond acceptors (Lipinski definition) is 7. The fourth-order valence-electron chi connectivity index (χ4n) is 3.71. The molecule has 2 heterocycles. The van der Waals surface area contributed by atoms with E-state index >= 15 is 0 Å². The highest BCUT2D eigenvalue weighted by Gasteiger charge is 2.36. The van der Waals surface area contributed by atoms with Crippen LogP contribution in [0.15, 0.2) is 87.3 Å². The summed E-state index contributed by atoms with van der Waals surface area (Å²) in [5, 5.41) is 16.4. The van der Waals surface area contributed by atoms with Crippen LogP contribution in [-0.4, -0.2) is 46.4 Å². The summed E-state index contributed by atoms with van der Waals surface area (Å²) in [5.74, 6) is 1.38. The van der Waals surface area contributed by atoms with Crippen LogP contribution in [0, 0.1) is 12.3 Å². The third-order valence-corrected chi connectivity index (χ3v) is 7.86. The Balaban J connectivity index is 1.28. The number of hydrazone groups is 1. The Morgan fingerprint density at radius 3 is 2.58 bits per heavy atom. The molecule has 0 fully saturated rings. The predicted molar refractivity (Wildman–Crippen MR) is 156 cm³/mol. The average Bonchev–Trinajstić information content (AvgIpc) is 3.35. The summed E-state index contributed by atoms with van der Waals surface area (Å²) in [6, 6.07) is 21.0. The van der Waals surface area contributed by atoms with Gasteiger partial charge in [0.1, 0.15) is 5.04 Å². The van der Waals surface area contributed by atoms with Crippen LogP contribution in [0.2, 0.25) is 5.02 Å². The Kier molecular flexibility index (Phi) is 7.87. The van der Waals surface area contributed by atoms with Gasteiger partial charge in [-0.25, -0.2) is 0 Å². The number of rotatable bonds is 8. The standard InChI is InChI=1S/C28H23ClN4O3S2/c1-17-3-6-19(7-4-17)27-32-33-25(30)22(26(34)31-28(33)38-27)15-18-5-12-23(24(16-18)35-2)36-13-14-37-21-10-8-20(29)9-11-21/h3-12,15-16,30H,13-14H2,1-2H3/b22-15+,30-25?. The number of aryl methyl sites for hydroxylation is 1. The van der Waals surface area contributed by atoms with Gasteiger partial charge in [-0.3, -0.25) is 10.2 Å². The molecule has 3 aromatic carbocycles. The number of benzene rings is 3. The lowest BCUT2D eigenvalue weighted by atomic mass is 10.1. The van der Waals surface area contributed by atoms with Gasteiger partial charge >= 0.3 is 0 Å². The van der Waals surface area contributed by atoms with Gasteiger partial charge in [0.25, 0.3) is 5.91 Å². The number of ether oxygens (including phenoxy) is 2. The van der Waals surface area contributed by atoms with Crippen LogP contribution >= 0.6 is 35.1 Å². The molecule has 0 spiro atoms. The Morgan fingerprint density at radius 1 is 1.08 bits per heavy atom. The molecular weight excluding hydrogens is 540 g/mol. The molecule has 1 amide bonds. The van der Waals surface area contributed by atoms with Gasteiger partial charge in [0.05, 0.1) is 19.3 Å². The minimum Gasteiger partial charge on any atom is -0.493 e. The van der Waals surface area contributed by atoms with E-state index in [-0.39, 0.29) is 11.4 Å². The van der Waals surface area contributed by atoms with Gasteiger partial charge in [-0.15, -0.1) is 11.8 Å². The summed E-state index contributed by atoms with van der Waals surface area (Å²) in [5.41, 5.74) is 2.89. The first-order valence-corrected chi connectivity index (χ1v) is 13.9. The number of nitrogens with one attached hydrogen (secondary N) is 1. The van der Waals surface area contributed by atoms with Gasteiger partial charge in [0.2, 0.25) is 5.17 Å². The molecule has 7 nitrogen and oxygen atoms in total. The molecule has 2 aliphatic rings. The Bertz CT molecular complexity index is 1480. The van der Waals surface area contributed by atoms with Crippen molar-refractivity contribution in [2.45, 2.75) is 11.8 Å². The number of fused-ring (bicyclic) bond motifs is 1. The van der Waals surface area contributed by atoms with Crippen molar-refractivity contribution in [3.8, 4) is 11.5 Å². The van der Waals surface area contributed by atoms with Crippen LogP contribution in [0.1, 0.15) is 16.7 Å². The van der Waals surface area contributed by atoms with Crippen molar-refractivity contribution in [1.29, 1.82) is 5.41 Å². The van der Waals surface area contributed by atoms with E-state index in [1.807, 2.05) is 61.5 Å². The molecule has 0 aromatic heterocycles. The van der Waals surface area contributed by atoms with E-state index in [1.165, 1.54) is 16.8 Å². The van der Waals surface area contributed by atoms with Crippen molar-refractivity contribution in [1.82, 2.24) is 5.01 Å². The number of aliphatic imine (C=N–C) groups is 1. The number of methoxy groups -OCH3 is 1. The molecule has 10 heteroatoms. The summed E-state index contributed by atoms with van der Waals surface area (Å²) in [7, 11) is 1.56. The molecule has 0 unspecified atom stereocenters. The van der Waals surface area contributed by atoms with Crippen LogP contribution in [0.3, 0.4) is 0 Å². The minimum atomic E-state index is -0.479. The van der Waals surface area contributed by atoms with Crippen LogP contribution in [0.4, 0.5) is 0 Å². The van der Waals surface area contributed by atoms with Crippen molar-refractivity contribution in [2.24, 2.45) is 10.1 Å². The van der Waals surface area contributed by atoms with E-state index in [0.29, 0.717) is 38.9 Å². The number of amidine groups is 2. The zero-order chi connectivity index (χ0) is 26.6. The first-order valence-electron chi connectivity index (χ1n) is 11.7. The number of carbonyl (C=O) groups is 1. The molecule has 0 bridgehead atoms. The lowest BCUT2D eigenvalue weighted by molar-refractivity contribution is -0.114. The number of hydrogen-bond donors (Lipinski definition) is 1. The smallest absolute Gasteiger partial charge is 0.283 e. The molecule has 38 heavy (non-hydrogen) atoms. The van der Waals surface area contributed by atoms with Gasteiger partial charge in [-0.1, -0.05) is 47.5 Å². The number of amides is 1. The van der Waals surface area contributed by atoms with Crippen LogP contribution in [-0.2, 0) is 4.79 Å². The molecule has 3 aromatic rings. The van der Waals surface area contributed by atoms with Gasteiger partial charge in [0, 0.05) is 21.2 Å². The molecule has 2 aliphatic heterocycles. The number of carbonyl (C=O) groups excluding carboxylic acids is 1. The molecule has 0 saturated carbocycles. The Hall–Kier alpha value is -3.53. The predicted octanol–water partition coefficient (Wildman–Crippen LogP) is 6.50. The monoisotopic (exact) mass is 562 g/mol. The molecule has 0 aliphatic carbocycles. The van der Waals surface area contributed by atoms with Crippen LogP contribution in [0.25, 0.3) is 6.08 Å². The SMILES string of the molecule is COc1cc(/C=C2\C(=N)N3N=C(c4ccc(C)cc4)SC3=NC2=O)ccc1OCCSc1ccc(Cl)cc1. The molecule has 0 atom stereocenters. The maximum absolute atomic E-state index is 12.8. The lowest BCUT2D eigenvalue weighted by Gasteiger charge is -2.20. The molecular formula is C28H23ClN4O3S2. The lowest BCUT2D eigenvalue weighted by Crippen LogP contribution is -2.35. The molecule has 5 rings (SSSR count). The summed E-state index contributed by atoms with van der Waals surface area (Å²) in [6.45, 7) is 2.50. The molecule has 192 valence electrons. The Labute approximate surface area is 234 Å². The van der Waals surface area contributed by atoms with Crippen LogP contribution in [0.5, 0.6) is 11.5 Å². The van der Waals surface area contributed by atoms with E-state index in [1.54, 1.807) is 37.1 Å². The zero-order valence-electron chi connectivity index (χ0n) is 20.6. The van der Waals surface area contributed by atoms with Crippen molar-refractivity contribution in [3.63, 3.8) is 0 Å². The van der Waals surface area contributed by atoms with Gasteiger partial charge in [-0.2, -0.15) is 15.1 Å². The first kappa shape index (κ1) is 26.1. The highest BCUT2D eigenvalue weighted by Crippen LogP contribution is 2.33. The summed E-state index contributed by atoms with van der Waals surface area (Å²) in [4.78, 5) is 18.1. The van der Waals surface area contributed by atoms with E-state index < -0.39 is 5.91 Å². The fourth-order valence-corrected chi connectivity index (χ4v) is 5.46. The van der Waals surface area contributed by atoms with E-state index in [9.17, 15) is 4.79 Å². The third kappa shape index (κ3) is 5.80. The normalized spacial score (nSPS) is 15.9. The van der Waals surface area contributed by atoms with Crippen molar-refractivity contribution in [3.05, 3.63) is 94.0 Å². The maximum atomic E-state index is 12.8. The quantitative estimate of drug-likeness (QED) is 0.192. The van der Waals surface area contributed by atoms with Gasteiger partial charge < -0.3 is 9.47 Å². The van der Waals surface area contributed by atoms with Gasteiger partial charge in [-0.05, 0) is 66.7 Å². The Morgan fingerprint density at radius 2 is 1.84 bits per heavy atom. The topological polar surface area (TPSA) is 87.3 Å². The highest BCUT2D eigenvalue weighted by molar-refractivity contribution is 8.27. The summed E-state index contributed by atoms with van der Waals surface area (Å²) >= 11 is 8.89. The number of halogens is 1. The molecule has 0 radical (unpaired) electrons. The number of nitrogens with zero attached hydrogens (tertiary/aromatic N) is 3. The highest BCUT2D eigenvalue weighted by atomic mass is 35.5. The second-order valence-electron chi connectivity index (χ2n) is 8.35. The third-order valence-electron chi connectivity index (χ3n) is 5.67. The summed E-state index contributed by atoms with van der Waals surface area (Å²) in [6.07, 6.45) is 1.62. The first-order chi connectivity index (χ1) is 18.4. The molecule has 0 saturated heterocycles. The van der Waals surface area contributed by atoms with Crippen molar-refractivity contribution < 1.29 is 14.3 Å². The van der Waals surface area contributed by atoms with Crippen molar-refractivity contribution >= 4 is 63.2 Å². The van der Waals surface area contributed by atoms with Crippen molar-refractivity contribution in [2.75, 3.05) is 19.5 Å². The van der Waals surface area contributed by atoms with E-state index in [0.717, 1.165) is 21.8 Å². The maximum Gasteiger partial charge on any atom is 0.283 e. The number of thioether (sulfide) groups is 2.